The Labute approximate surface area is 262 Å². The molecule has 0 saturated carbocycles. The number of amides is 4. The molecule has 4 amide bonds. The van der Waals surface area contributed by atoms with E-state index < -0.39 is 29.5 Å². The molecule has 0 heterocycles. The number of rotatable bonds is 15. The summed E-state index contributed by atoms with van der Waals surface area (Å²) in [6, 6.07) is 23.7. The number of nitrogens with zero attached hydrogens (tertiary/aromatic N) is 1. The Morgan fingerprint density at radius 1 is 0.844 bits per heavy atom. The monoisotopic (exact) mass is 615 g/mol. The summed E-state index contributed by atoms with van der Waals surface area (Å²) >= 11 is 0. The van der Waals surface area contributed by atoms with E-state index in [1.807, 2.05) is 60.7 Å². The van der Waals surface area contributed by atoms with Crippen LogP contribution < -0.4 is 33.2 Å². The predicted molar refractivity (Wildman–Crippen MR) is 172 cm³/mol. The largest absolute Gasteiger partial charge is 0.464 e. The van der Waals surface area contributed by atoms with Crippen LogP contribution in [0.3, 0.4) is 0 Å². The lowest BCUT2D eigenvalue weighted by Gasteiger charge is -2.28. The molecule has 0 aromatic heterocycles. The van der Waals surface area contributed by atoms with Gasteiger partial charge >= 0.3 is 12.0 Å². The third-order valence-electron chi connectivity index (χ3n) is 7.16. The topological polar surface area (TPSA) is 204 Å². The van der Waals surface area contributed by atoms with Gasteiger partial charge in [-0.1, -0.05) is 84.9 Å². The van der Waals surface area contributed by atoms with Crippen LogP contribution in [0, 0.1) is 0 Å². The highest BCUT2D eigenvalue weighted by Gasteiger charge is 2.38. The minimum Gasteiger partial charge on any atom is -0.464 e. The van der Waals surface area contributed by atoms with E-state index in [0.29, 0.717) is 24.9 Å². The predicted octanol–water partition coefficient (Wildman–Crippen LogP) is 2.12. The molecule has 12 nitrogen and oxygen atoms in total. The molecule has 0 radical (unpaired) electrons. The third kappa shape index (κ3) is 9.82. The van der Waals surface area contributed by atoms with Gasteiger partial charge in [0.2, 0.25) is 11.8 Å². The van der Waals surface area contributed by atoms with Gasteiger partial charge in [0.1, 0.15) is 6.04 Å². The fourth-order valence-corrected chi connectivity index (χ4v) is 4.84. The molecule has 3 aromatic rings. The molecule has 1 unspecified atom stereocenters. The van der Waals surface area contributed by atoms with Gasteiger partial charge in [-0.15, -0.1) is 0 Å². The van der Waals surface area contributed by atoms with E-state index in [-0.39, 0.29) is 30.9 Å². The molecule has 3 aromatic carbocycles. The number of hydrogen-bond donors (Lipinski definition) is 6. The Balaban J connectivity index is 1.77. The molecule has 9 N–H and O–H groups in total. The van der Waals surface area contributed by atoms with Crippen molar-refractivity contribution < 1.29 is 23.9 Å². The lowest BCUT2D eigenvalue weighted by molar-refractivity contribution is -0.150. The first-order chi connectivity index (χ1) is 21.5. The van der Waals surface area contributed by atoms with Crippen molar-refractivity contribution in [2.24, 2.45) is 22.2 Å². The number of nitrogens with two attached hydrogens (primary N) is 3. The number of hydrogen-bond acceptors (Lipinski definition) is 6. The second-order valence-corrected chi connectivity index (χ2v) is 10.5. The first-order valence-electron chi connectivity index (χ1n) is 14.6. The zero-order valence-electron chi connectivity index (χ0n) is 25.5. The Morgan fingerprint density at radius 2 is 1.42 bits per heavy atom. The Bertz CT molecular complexity index is 1420. The fraction of sp³-hybridized carbons (Fsp3) is 0.303. The zero-order valence-corrected chi connectivity index (χ0v) is 25.5. The highest BCUT2D eigenvalue weighted by Crippen LogP contribution is 2.26. The SMILES string of the molecule is CCOC(=O)C(C)(NC(N)=O)c1ccc(CNC(=O)[C@@H](CCCN=C(N)N)NC(=O)C(c2ccccc2)c2ccccc2)cc1. The number of nitrogens with one attached hydrogen (secondary N) is 3. The van der Waals surface area contributed by atoms with E-state index in [4.69, 9.17) is 21.9 Å². The Kier molecular flexibility index (Phi) is 12.5. The van der Waals surface area contributed by atoms with Crippen molar-refractivity contribution in [3.05, 3.63) is 107 Å². The van der Waals surface area contributed by atoms with Gasteiger partial charge in [-0.2, -0.15) is 0 Å². The van der Waals surface area contributed by atoms with Crippen molar-refractivity contribution in [3.8, 4) is 0 Å². The van der Waals surface area contributed by atoms with Crippen molar-refractivity contribution >= 4 is 29.8 Å². The highest BCUT2D eigenvalue weighted by atomic mass is 16.5. The summed E-state index contributed by atoms with van der Waals surface area (Å²) < 4.78 is 5.13. The number of urea groups is 1. The number of carbonyl (C=O) groups is 4. The Morgan fingerprint density at radius 3 is 1.93 bits per heavy atom. The van der Waals surface area contributed by atoms with Crippen molar-refractivity contribution in [2.45, 2.75) is 50.7 Å². The maximum atomic E-state index is 13.7. The van der Waals surface area contributed by atoms with Crippen LogP contribution in [0.5, 0.6) is 0 Å². The molecule has 0 aliphatic heterocycles. The van der Waals surface area contributed by atoms with Crippen LogP contribution >= 0.6 is 0 Å². The van der Waals surface area contributed by atoms with E-state index in [9.17, 15) is 19.2 Å². The van der Waals surface area contributed by atoms with Crippen LogP contribution in [-0.4, -0.2) is 49.0 Å². The molecule has 0 fully saturated rings. The molecule has 0 bridgehead atoms. The quantitative estimate of drug-likeness (QED) is 0.0650. The lowest BCUT2D eigenvalue weighted by atomic mass is 9.90. The summed E-state index contributed by atoms with van der Waals surface area (Å²) in [5, 5.41) is 8.28. The van der Waals surface area contributed by atoms with Crippen LogP contribution in [0.2, 0.25) is 0 Å². The molecule has 12 heteroatoms. The highest BCUT2D eigenvalue weighted by molar-refractivity contribution is 5.92. The summed E-state index contributed by atoms with van der Waals surface area (Å²) in [5.74, 6) is -2.05. The van der Waals surface area contributed by atoms with E-state index in [2.05, 4.69) is 20.9 Å². The normalized spacial score (nSPS) is 12.7. The minimum atomic E-state index is -1.50. The molecule has 0 spiro atoms. The number of ether oxygens (including phenoxy) is 1. The summed E-state index contributed by atoms with van der Waals surface area (Å²) in [5.41, 5.74) is 17.5. The van der Waals surface area contributed by atoms with Crippen LogP contribution in [0.4, 0.5) is 4.79 Å². The molecule has 0 aliphatic rings. The average Bonchev–Trinajstić information content (AvgIpc) is 3.02. The summed E-state index contributed by atoms with van der Waals surface area (Å²) in [7, 11) is 0. The number of aliphatic imine (C=N–C) groups is 1. The van der Waals surface area contributed by atoms with E-state index in [0.717, 1.165) is 16.7 Å². The zero-order chi connectivity index (χ0) is 32.8. The van der Waals surface area contributed by atoms with Crippen LogP contribution in [0.15, 0.2) is 89.9 Å². The van der Waals surface area contributed by atoms with Gasteiger partial charge in [-0.05, 0) is 48.9 Å². The Hall–Kier alpha value is -5.39. The van der Waals surface area contributed by atoms with Crippen LogP contribution in [0.25, 0.3) is 0 Å². The summed E-state index contributed by atoms with van der Waals surface area (Å²) in [4.78, 5) is 55.4. The van der Waals surface area contributed by atoms with Gasteiger partial charge in [0.05, 0.1) is 12.5 Å². The number of benzene rings is 3. The summed E-state index contributed by atoms with van der Waals surface area (Å²) in [6.07, 6.45) is 0.742. The minimum absolute atomic E-state index is 0.0539. The molecule has 45 heavy (non-hydrogen) atoms. The third-order valence-corrected chi connectivity index (χ3v) is 7.16. The standard InChI is InChI=1S/C33H41N7O5/c1-3-45-30(43)33(2,40-32(36)44)25-18-16-22(17-19-25)21-38-28(41)26(15-10-20-37-31(34)35)39-29(42)27(23-11-6-4-7-12-23)24-13-8-5-9-14-24/h4-9,11-14,16-19,26-27H,3,10,15,20-21H2,1-2H3,(H,38,41)(H,39,42)(H4,34,35,37)(H3,36,40,44)/t26-,33?/m1/s1. The molecular formula is C33H41N7O5. The van der Waals surface area contributed by atoms with Gasteiger partial charge in [0.15, 0.2) is 11.5 Å². The molecule has 0 aliphatic carbocycles. The van der Waals surface area contributed by atoms with Gasteiger partial charge < -0.3 is 37.9 Å². The smallest absolute Gasteiger partial charge is 0.336 e. The van der Waals surface area contributed by atoms with Crippen molar-refractivity contribution in [2.75, 3.05) is 13.2 Å². The number of carbonyl (C=O) groups excluding carboxylic acids is 4. The maximum absolute atomic E-state index is 13.7. The van der Waals surface area contributed by atoms with Crippen molar-refractivity contribution in [3.63, 3.8) is 0 Å². The molecule has 3 rings (SSSR count). The molecule has 2 atom stereocenters. The second kappa shape index (κ2) is 16.5. The van der Waals surface area contributed by atoms with Gasteiger partial charge in [0.25, 0.3) is 0 Å². The molecular weight excluding hydrogens is 574 g/mol. The maximum Gasteiger partial charge on any atom is 0.336 e. The second-order valence-electron chi connectivity index (χ2n) is 10.5. The number of esters is 1. The number of guanidine groups is 1. The fourth-order valence-electron chi connectivity index (χ4n) is 4.84. The van der Waals surface area contributed by atoms with Gasteiger partial charge in [-0.25, -0.2) is 9.59 Å². The van der Waals surface area contributed by atoms with Gasteiger partial charge in [0, 0.05) is 13.1 Å². The van der Waals surface area contributed by atoms with Crippen molar-refractivity contribution in [1.82, 2.24) is 16.0 Å². The van der Waals surface area contributed by atoms with E-state index in [1.165, 1.54) is 6.92 Å². The van der Waals surface area contributed by atoms with E-state index in [1.54, 1.807) is 31.2 Å². The first kappa shape index (κ1) is 34.1. The summed E-state index contributed by atoms with van der Waals surface area (Å²) in [6.45, 7) is 3.72. The number of primary amides is 1. The van der Waals surface area contributed by atoms with Crippen molar-refractivity contribution in [1.29, 1.82) is 0 Å². The lowest BCUT2D eigenvalue weighted by Crippen LogP contribution is -2.52. The molecule has 0 saturated heterocycles. The van der Waals surface area contributed by atoms with Crippen LogP contribution in [-0.2, 0) is 31.2 Å². The average molecular weight is 616 g/mol. The first-order valence-corrected chi connectivity index (χ1v) is 14.6. The van der Waals surface area contributed by atoms with E-state index >= 15 is 0 Å². The molecule has 238 valence electrons. The van der Waals surface area contributed by atoms with Gasteiger partial charge in [-0.3, -0.25) is 14.6 Å². The van der Waals surface area contributed by atoms with Crippen LogP contribution in [0.1, 0.15) is 54.9 Å².